The number of halogens is 2. The van der Waals surface area contributed by atoms with Crippen LogP contribution < -0.4 is 11.1 Å². The van der Waals surface area contributed by atoms with Crippen molar-refractivity contribution in [1.29, 1.82) is 0 Å². The molecule has 3 N–H and O–H groups in total. The van der Waals surface area contributed by atoms with Gasteiger partial charge in [0, 0.05) is 22.6 Å². The number of nitrogens with two attached hydrogens (primary N) is 1. The molecule has 0 aliphatic heterocycles. The fraction of sp³-hybridized carbons (Fsp3) is 0. The first-order valence-electron chi connectivity index (χ1n) is 5.03. The zero-order valence-electron chi connectivity index (χ0n) is 9.15. The smallest absolute Gasteiger partial charge is 0.274 e. The Hall–Kier alpha value is -2.14. The van der Waals surface area contributed by atoms with Gasteiger partial charge in [-0.1, -0.05) is 11.6 Å². The van der Waals surface area contributed by atoms with Crippen molar-refractivity contribution in [2.45, 2.75) is 0 Å². The summed E-state index contributed by atoms with van der Waals surface area (Å²) in [7, 11) is 0. The summed E-state index contributed by atoms with van der Waals surface area (Å²) in [6.45, 7) is 0. The third-order valence-corrected chi connectivity index (χ3v) is 2.36. The van der Waals surface area contributed by atoms with Crippen molar-refractivity contribution in [3.05, 3.63) is 53.1 Å². The largest absolute Gasteiger partial charge is 0.399 e. The Morgan fingerprint density at radius 1 is 1.33 bits per heavy atom. The molecule has 0 bridgehead atoms. The second-order valence-electron chi connectivity index (χ2n) is 3.59. The van der Waals surface area contributed by atoms with Crippen LogP contribution in [0.15, 0.2) is 36.5 Å². The average Bonchev–Trinajstić information content (AvgIpc) is 2.27. The van der Waals surface area contributed by atoms with Gasteiger partial charge in [0.05, 0.1) is 0 Å². The Bertz CT molecular complexity index is 583. The normalized spacial score (nSPS) is 10.1. The molecule has 18 heavy (non-hydrogen) atoms. The third kappa shape index (κ3) is 2.95. The number of nitrogens with one attached hydrogen (secondary N) is 1. The minimum absolute atomic E-state index is 0.149. The highest BCUT2D eigenvalue weighted by atomic mass is 35.5. The number of carbonyl (C=O) groups excluding carboxylic acids is 1. The predicted octanol–water partition coefficient (Wildman–Crippen LogP) is 2.71. The van der Waals surface area contributed by atoms with Crippen LogP contribution in [-0.4, -0.2) is 10.9 Å². The van der Waals surface area contributed by atoms with Crippen molar-refractivity contribution in [2.24, 2.45) is 0 Å². The number of nitrogen functional groups attached to an aromatic ring is 1. The Morgan fingerprint density at radius 3 is 2.78 bits per heavy atom. The van der Waals surface area contributed by atoms with Crippen LogP contribution in [-0.2, 0) is 0 Å². The maximum atomic E-state index is 13.1. The second-order valence-corrected chi connectivity index (χ2v) is 4.02. The molecule has 0 aliphatic rings. The van der Waals surface area contributed by atoms with Crippen LogP contribution in [0.2, 0.25) is 5.02 Å². The number of benzene rings is 1. The molecule has 1 aromatic carbocycles. The van der Waals surface area contributed by atoms with Gasteiger partial charge in [-0.3, -0.25) is 9.78 Å². The number of pyridine rings is 1. The van der Waals surface area contributed by atoms with Gasteiger partial charge in [0.2, 0.25) is 0 Å². The summed E-state index contributed by atoms with van der Waals surface area (Å²) in [5.41, 5.74) is 6.37. The Balaban J connectivity index is 2.21. The van der Waals surface area contributed by atoms with E-state index in [0.29, 0.717) is 5.69 Å². The molecule has 0 atom stereocenters. The summed E-state index contributed by atoms with van der Waals surface area (Å²) >= 11 is 5.68. The van der Waals surface area contributed by atoms with E-state index >= 15 is 0 Å². The molecule has 0 spiro atoms. The molecule has 1 aromatic heterocycles. The molecule has 0 radical (unpaired) electrons. The van der Waals surface area contributed by atoms with Gasteiger partial charge in [0.25, 0.3) is 5.91 Å². The lowest BCUT2D eigenvalue weighted by molar-refractivity contribution is 0.102. The molecule has 1 heterocycles. The highest BCUT2D eigenvalue weighted by molar-refractivity contribution is 6.31. The highest BCUT2D eigenvalue weighted by Crippen LogP contribution is 2.18. The zero-order valence-corrected chi connectivity index (χ0v) is 9.91. The molecular formula is C12H9ClFN3O. The van der Waals surface area contributed by atoms with Crippen LogP contribution in [0.4, 0.5) is 15.8 Å². The number of anilines is 2. The van der Waals surface area contributed by atoms with Crippen molar-refractivity contribution in [1.82, 2.24) is 4.98 Å². The third-order valence-electron chi connectivity index (χ3n) is 2.14. The highest BCUT2D eigenvalue weighted by Gasteiger charge is 2.09. The lowest BCUT2D eigenvalue weighted by Crippen LogP contribution is -2.14. The van der Waals surface area contributed by atoms with Gasteiger partial charge < -0.3 is 11.1 Å². The number of hydrogen-bond acceptors (Lipinski definition) is 3. The topological polar surface area (TPSA) is 68.0 Å². The molecule has 0 saturated carbocycles. The van der Waals surface area contributed by atoms with Crippen LogP contribution >= 0.6 is 11.6 Å². The van der Waals surface area contributed by atoms with Gasteiger partial charge in [-0.2, -0.15) is 0 Å². The molecule has 2 rings (SSSR count). The first-order valence-corrected chi connectivity index (χ1v) is 5.41. The Kier molecular flexibility index (Phi) is 3.43. The van der Waals surface area contributed by atoms with Crippen molar-refractivity contribution in [3.63, 3.8) is 0 Å². The first-order chi connectivity index (χ1) is 8.54. The van der Waals surface area contributed by atoms with Crippen LogP contribution in [0.1, 0.15) is 10.5 Å². The Morgan fingerprint density at radius 2 is 2.11 bits per heavy atom. The second kappa shape index (κ2) is 5.01. The lowest BCUT2D eigenvalue weighted by Gasteiger charge is -2.05. The average molecular weight is 266 g/mol. The zero-order chi connectivity index (χ0) is 13.1. The van der Waals surface area contributed by atoms with E-state index in [1.54, 1.807) is 6.07 Å². The SMILES string of the molecule is Nc1ccnc(C(=O)Nc2cc(F)cc(Cl)c2)c1. The van der Waals surface area contributed by atoms with E-state index in [-0.39, 0.29) is 16.4 Å². The van der Waals surface area contributed by atoms with Crippen molar-refractivity contribution in [3.8, 4) is 0 Å². The molecule has 2 aromatic rings. The molecule has 1 amide bonds. The number of aromatic nitrogens is 1. The summed E-state index contributed by atoms with van der Waals surface area (Å²) in [6, 6.07) is 6.74. The van der Waals surface area contributed by atoms with Crippen molar-refractivity contribution in [2.75, 3.05) is 11.1 Å². The van der Waals surface area contributed by atoms with E-state index in [1.807, 2.05) is 0 Å². The van der Waals surface area contributed by atoms with Gasteiger partial charge in [0.15, 0.2) is 0 Å². The summed E-state index contributed by atoms with van der Waals surface area (Å²) in [5.74, 6) is -1.01. The van der Waals surface area contributed by atoms with Gasteiger partial charge >= 0.3 is 0 Å². The van der Waals surface area contributed by atoms with E-state index < -0.39 is 11.7 Å². The molecule has 0 saturated heterocycles. The minimum Gasteiger partial charge on any atom is -0.399 e. The van der Waals surface area contributed by atoms with Gasteiger partial charge in [-0.05, 0) is 30.3 Å². The maximum absolute atomic E-state index is 13.1. The Labute approximate surface area is 108 Å². The van der Waals surface area contributed by atoms with Gasteiger partial charge in [-0.25, -0.2) is 4.39 Å². The molecule has 4 nitrogen and oxygen atoms in total. The number of amides is 1. The maximum Gasteiger partial charge on any atom is 0.274 e. The number of nitrogens with zero attached hydrogens (tertiary/aromatic N) is 1. The number of carbonyl (C=O) groups is 1. The monoisotopic (exact) mass is 265 g/mol. The number of rotatable bonds is 2. The van der Waals surface area contributed by atoms with E-state index in [1.165, 1.54) is 18.3 Å². The molecule has 0 aliphatic carbocycles. The quantitative estimate of drug-likeness (QED) is 0.877. The summed E-state index contributed by atoms with van der Waals surface area (Å²) in [6.07, 6.45) is 1.42. The molecule has 92 valence electrons. The summed E-state index contributed by atoms with van der Waals surface area (Å²) in [5, 5.41) is 2.69. The molecule has 0 unspecified atom stereocenters. The summed E-state index contributed by atoms with van der Waals surface area (Å²) in [4.78, 5) is 15.7. The number of hydrogen-bond donors (Lipinski definition) is 2. The standard InChI is InChI=1S/C12H9ClFN3O/c13-7-3-8(14)5-10(4-7)17-12(18)11-6-9(15)1-2-16-11/h1-6H,(H2,15,16)(H,17,18). The van der Waals surface area contributed by atoms with Crippen LogP contribution in [0, 0.1) is 5.82 Å². The first kappa shape index (κ1) is 12.3. The lowest BCUT2D eigenvalue weighted by atomic mass is 10.2. The molecule has 0 fully saturated rings. The van der Waals surface area contributed by atoms with E-state index in [0.717, 1.165) is 12.1 Å². The fourth-order valence-electron chi connectivity index (χ4n) is 1.39. The van der Waals surface area contributed by atoms with Crippen molar-refractivity contribution >= 4 is 28.9 Å². The predicted molar refractivity (Wildman–Crippen MR) is 68.0 cm³/mol. The minimum atomic E-state index is -0.529. The van der Waals surface area contributed by atoms with E-state index in [4.69, 9.17) is 17.3 Å². The molecule has 6 heteroatoms. The van der Waals surface area contributed by atoms with Crippen molar-refractivity contribution < 1.29 is 9.18 Å². The molecular weight excluding hydrogens is 257 g/mol. The van der Waals surface area contributed by atoms with Gasteiger partial charge in [-0.15, -0.1) is 0 Å². The van der Waals surface area contributed by atoms with E-state index in [9.17, 15) is 9.18 Å². The van der Waals surface area contributed by atoms with Crippen LogP contribution in [0.25, 0.3) is 0 Å². The van der Waals surface area contributed by atoms with Crippen LogP contribution in [0.3, 0.4) is 0 Å². The van der Waals surface area contributed by atoms with E-state index in [2.05, 4.69) is 10.3 Å². The fourth-order valence-corrected chi connectivity index (χ4v) is 1.61. The van der Waals surface area contributed by atoms with Gasteiger partial charge in [0.1, 0.15) is 11.5 Å². The van der Waals surface area contributed by atoms with Crippen LogP contribution in [0.5, 0.6) is 0 Å². The summed E-state index contributed by atoms with van der Waals surface area (Å²) < 4.78 is 13.1.